The van der Waals surface area contributed by atoms with Crippen LogP contribution < -0.4 is 5.73 Å². The SMILES string of the molecule is Cn1ccc(C(=O)c2cn(CCN)cn2)n1. The van der Waals surface area contributed by atoms with E-state index in [1.165, 1.54) is 0 Å². The zero-order valence-electron chi connectivity index (χ0n) is 9.00. The molecule has 6 heteroatoms. The smallest absolute Gasteiger partial charge is 0.233 e. The van der Waals surface area contributed by atoms with Gasteiger partial charge in [-0.15, -0.1) is 0 Å². The molecule has 0 aliphatic carbocycles. The van der Waals surface area contributed by atoms with Gasteiger partial charge in [0.25, 0.3) is 0 Å². The van der Waals surface area contributed by atoms with Crippen LogP contribution in [0.5, 0.6) is 0 Å². The second-order valence-electron chi connectivity index (χ2n) is 3.49. The van der Waals surface area contributed by atoms with Crippen molar-refractivity contribution < 1.29 is 4.79 Å². The van der Waals surface area contributed by atoms with Crippen LogP contribution in [0, 0.1) is 0 Å². The van der Waals surface area contributed by atoms with Crippen molar-refractivity contribution in [2.75, 3.05) is 6.54 Å². The lowest BCUT2D eigenvalue weighted by atomic mass is 10.2. The molecule has 0 unspecified atom stereocenters. The molecule has 2 aromatic heterocycles. The molecule has 0 bridgehead atoms. The minimum atomic E-state index is -0.170. The van der Waals surface area contributed by atoms with Gasteiger partial charge in [0.1, 0.15) is 11.4 Å². The largest absolute Gasteiger partial charge is 0.335 e. The Balaban J connectivity index is 2.20. The number of nitrogens with zero attached hydrogens (tertiary/aromatic N) is 4. The van der Waals surface area contributed by atoms with Gasteiger partial charge in [-0.2, -0.15) is 5.10 Å². The van der Waals surface area contributed by atoms with Crippen LogP contribution in [0.15, 0.2) is 24.8 Å². The number of aryl methyl sites for hydroxylation is 1. The number of nitrogens with two attached hydrogens (primary N) is 1. The number of imidazole rings is 1. The summed E-state index contributed by atoms with van der Waals surface area (Å²) in [5.74, 6) is -0.170. The lowest BCUT2D eigenvalue weighted by Gasteiger charge is -1.95. The van der Waals surface area contributed by atoms with Gasteiger partial charge in [-0.05, 0) is 6.07 Å². The Hall–Kier alpha value is -1.95. The van der Waals surface area contributed by atoms with Crippen molar-refractivity contribution >= 4 is 5.78 Å². The van der Waals surface area contributed by atoms with E-state index in [4.69, 9.17) is 5.73 Å². The number of hydrogen-bond donors (Lipinski definition) is 1. The zero-order chi connectivity index (χ0) is 11.5. The van der Waals surface area contributed by atoms with E-state index in [0.29, 0.717) is 24.5 Å². The van der Waals surface area contributed by atoms with Gasteiger partial charge >= 0.3 is 0 Å². The van der Waals surface area contributed by atoms with Crippen molar-refractivity contribution in [1.29, 1.82) is 0 Å². The minimum absolute atomic E-state index is 0.170. The standard InChI is InChI=1S/C10H13N5O/c1-14-4-2-8(13-14)10(16)9-6-15(5-3-11)7-12-9/h2,4,6-7H,3,5,11H2,1H3. The van der Waals surface area contributed by atoms with Crippen LogP contribution in [0.3, 0.4) is 0 Å². The summed E-state index contributed by atoms with van der Waals surface area (Å²) >= 11 is 0. The fourth-order valence-corrected chi connectivity index (χ4v) is 1.42. The highest BCUT2D eigenvalue weighted by atomic mass is 16.1. The monoisotopic (exact) mass is 219 g/mol. The van der Waals surface area contributed by atoms with Gasteiger partial charge in [0.05, 0.1) is 6.33 Å². The molecule has 2 N–H and O–H groups in total. The highest BCUT2D eigenvalue weighted by Gasteiger charge is 2.14. The van der Waals surface area contributed by atoms with E-state index < -0.39 is 0 Å². The van der Waals surface area contributed by atoms with Crippen molar-refractivity contribution in [2.45, 2.75) is 6.54 Å². The minimum Gasteiger partial charge on any atom is -0.335 e. The molecule has 2 rings (SSSR count). The van der Waals surface area contributed by atoms with E-state index in [1.807, 2.05) is 0 Å². The van der Waals surface area contributed by atoms with Crippen molar-refractivity contribution in [3.63, 3.8) is 0 Å². The number of hydrogen-bond acceptors (Lipinski definition) is 4. The first-order chi connectivity index (χ1) is 7.70. The third-order valence-electron chi connectivity index (χ3n) is 2.20. The van der Waals surface area contributed by atoms with Crippen molar-refractivity contribution in [1.82, 2.24) is 19.3 Å². The Labute approximate surface area is 92.7 Å². The average molecular weight is 219 g/mol. The number of carbonyl (C=O) groups excluding carboxylic acids is 1. The summed E-state index contributed by atoms with van der Waals surface area (Å²) in [6, 6.07) is 1.67. The lowest BCUT2D eigenvalue weighted by Crippen LogP contribution is -2.08. The molecule has 0 atom stereocenters. The van der Waals surface area contributed by atoms with Crippen LogP contribution >= 0.6 is 0 Å². The molecule has 0 radical (unpaired) electrons. The second-order valence-corrected chi connectivity index (χ2v) is 3.49. The first kappa shape index (κ1) is 10.6. The molecule has 0 fully saturated rings. The number of carbonyl (C=O) groups is 1. The third-order valence-corrected chi connectivity index (χ3v) is 2.20. The molecule has 2 aromatic rings. The van der Waals surface area contributed by atoms with E-state index in [2.05, 4.69) is 10.1 Å². The van der Waals surface area contributed by atoms with E-state index in [9.17, 15) is 4.79 Å². The van der Waals surface area contributed by atoms with Gasteiger partial charge in [-0.3, -0.25) is 9.48 Å². The molecule has 84 valence electrons. The topological polar surface area (TPSA) is 78.7 Å². The molecule has 16 heavy (non-hydrogen) atoms. The van der Waals surface area contributed by atoms with Crippen molar-refractivity contribution in [2.24, 2.45) is 12.8 Å². The van der Waals surface area contributed by atoms with Crippen molar-refractivity contribution in [3.05, 3.63) is 36.2 Å². The summed E-state index contributed by atoms with van der Waals surface area (Å²) in [4.78, 5) is 15.9. The molecule has 0 aromatic carbocycles. The summed E-state index contributed by atoms with van der Waals surface area (Å²) < 4.78 is 3.38. The van der Waals surface area contributed by atoms with Gasteiger partial charge in [0, 0.05) is 32.5 Å². The zero-order valence-corrected chi connectivity index (χ0v) is 9.00. The van der Waals surface area contributed by atoms with Crippen LogP contribution in [0.1, 0.15) is 16.2 Å². The molecule has 0 aliphatic heterocycles. The molecular weight excluding hydrogens is 206 g/mol. The summed E-state index contributed by atoms with van der Waals surface area (Å²) in [6.07, 6.45) is 5.01. The highest BCUT2D eigenvalue weighted by Crippen LogP contribution is 2.05. The molecule has 0 saturated carbocycles. The molecule has 0 spiro atoms. The van der Waals surface area contributed by atoms with Gasteiger partial charge in [-0.25, -0.2) is 4.98 Å². The second kappa shape index (κ2) is 4.28. The van der Waals surface area contributed by atoms with E-state index in [0.717, 1.165) is 0 Å². The third kappa shape index (κ3) is 2.01. The molecular formula is C10H13N5O. The Kier molecular flexibility index (Phi) is 2.82. The lowest BCUT2D eigenvalue weighted by molar-refractivity contribution is 0.102. The van der Waals surface area contributed by atoms with Crippen LogP contribution in [0.2, 0.25) is 0 Å². The van der Waals surface area contributed by atoms with E-state index in [1.54, 1.807) is 41.1 Å². The van der Waals surface area contributed by atoms with Crippen LogP contribution in [-0.4, -0.2) is 31.7 Å². The number of ketones is 1. The molecule has 0 saturated heterocycles. The fourth-order valence-electron chi connectivity index (χ4n) is 1.42. The van der Waals surface area contributed by atoms with Crippen molar-refractivity contribution in [3.8, 4) is 0 Å². The Morgan fingerprint density at radius 1 is 1.50 bits per heavy atom. The maximum Gasteiger partial charge on any atom is 0.233 e. The summed E-state index contributed by atoms with van der Waals surface area (Å²) in [5, 5.41) is 4.04. The van der Waals surface area contributed by atoms with Crippen LogP contribution in [-0.2, 0) is 13.6 Å². The van der Waals surface area contributed by atoms with Gasteiger partial charge in [-0.1, -0.05) is 0 Å². The Bertz CT molecular complexity index is 499. The average Bonchev–Trinajstić information content (AvgIpc) is 2.87. The maximum absolute atomic E-state index is 11.9. The van der Waals surface area contributed by atoms with Gasteiger partial charge in [0.15, 0.2) is 0 Å². The Morgan fingerprint density at radius 3 is 2.94 bits per heavy atom. The van der Waals surface area contributed by atoms with Crippen LogP contribution in [0.4, 0.5) is 0 Å². The summed E-state index contributed by atoms with van der Waals surface area (Å²) in [6.45, 7) is 1.18. The van der Waals surface area contributed by atoms with E-state index >= 15 is 0 Å². The summed E-state index contributed by atoms with van der Waals surface area (Å²) in [7, 11) is 1.77. The Morgan fingerprint density at radius 2 is 2.31 bits per heavy atom. The number of rotatable bonds is 4. The quantitative estimate of drug-likeness (QED) is 0.723. The first-order valence-corrected chi connectivity index (χ1v) is 4.97. The first-order valence-electron chi connectivity index (χ1n) is 4.97. The molecule has 0 aliphatic rings. The van der Waals surface area contributed by atoms with Gasteiger partial charge in [0.2, 0.25) is 5.78 Å². The van der Waals surface area contributed by atoms with E-state index in [-0.39, 0.29) is 5.78 Å². The molecule has 0 amide bonds. The highest BCUT2D eigenvalue weighted by molar-refractivity contribution is 6.06. The fraction of sp³-hybridized carbons (Fsp3) is 0.300. The predicted octanol–water partition coefficient (Wildman–Crippen LogP) is -0.194. The molecule has 6 nitrogen and oxygen atoms in total. The summed E-state index contributed by atoms with van der Waals surface area (Å²) in [5.41, 5.74) is 6.21. The molecule has 2 heterocycles. The predicted molar refractivity (Wildman–Crippen MR) is 57.9 cm³/mol. The number of aromatic nitrogens is 4. The van der Waals surface area contributed by atoms with Crippen LogP contribution in [0.25, 0.3) is 0 Å². The maximum atomic E-state index is 11.9. The van der Waals surface area contributed by atoms with Gasteiger partial charge < -0.3 is 10.3 Å². The normalized spacial score (nSPS) is 10.6.